The summed E-state index contributed by atoms with van der Waals surface area (Å²) in [6, 6.07) is -1.19. The van der Waals surface area contributed by atoms with Crippen molar-refractivity contribution < 1.29 is 14.1 Å². The van der Waals surface area contributed by atoms with Crippen molar-refractivity contribution in [1.29, 1.82) is 4.78 Å². The first kappa shape index (κ1) is 9.38. The standard InChI is InChI=1S/C4H10N2O3S/c1-10(6,9)2-3(5)4(7)8/h3,6H,2,5H2,1H3,(H,7,8)/t3-,10-/m1/s1. The predicted molar refractivity (Wildman–Crippen MR) is 37.3 cm³/mol. The number of nitrogens with two attached hydrogens (primary N) is 1. The molecule has 10 heavy (non-hydrogen) atoms. The number of hydrogen-bond donors (Lipinski definition) is 3. The van der Waals surface area contributed by atoms with Gasteiger partial charge in [-0.2, -0.15) is 0 Å². The maximum Gasteiger partial charge on any atom is 0.321 e. The van der Waals surface area contributed by atoms with Crippen molar-refractivity contribution in [2.45, 2.75) is 6.04 Å². The van der Waals surface area contributed by atoms with Crippen LogP contribution in [0.3, 0.4) is 0 Å². The Morgan fingerprint density at radius 3 is 2.40 bits per heavy atom. The molecule has 0 aliphatic heterocycles. The van der Waals surface area contributed by atoms with Gasteiger partial charge in [-0.05, 0) is 0 Å². The van der Waals surface area contributed by atoms with Crippen LogP contribution in [0.1, 0.15) is 0 Å². The Labute approximate surface area is 59.2 Å². The van der Waals surface area contributed by atoms with Gasteiger partial charge in [0.1, 0.15) is 6.04 Å². The third kappa shape index (κ3) is 4.28. The first-order valence-corrected chi connectivity index (χ1v) is 4.66. The number of hydrogen-bond acceptors (Lipinski definition) is 4. The lowest BCUT2D eigenvalue weighted by atomic mass is 10.4. The molecule has 0 aliphatic rings. The van der Waals surface area contributed by atoms with E-state index >= 15 is 0 Å². The van der Waals surface area contributed by atoms with Crippen molar-refractivity contribution in [3.05, 3.63) is 0 Å². The normalized spacial score (nSPS) is 19.4. The van der Waals surface area contributed by atoms with Crippen molar-refractivity contribution in [3.63, 3.8) is 0 Å². The molecule has 0 radical (unpaired) electrons. The lowest BCUT2D eigenvalue weighted by Crippen LogP contribution is -2.36. The van der Waals surface area contributed by atoms with E-state index in [9.17, 15) is 9.00 Å². The number of carboxylic acids is 1. The van der Waals surface area contributed by atoms with Gasteiger partial charge in [0.15, 0.2) is 0 Å². The summed E-state index contributed by atoms with van der Waals surface area (Å²) in [6.07, 6.45) is 1.16. The molecule has 0 aliphatic carbocycles. The Morgan fingerprint density at radius 2 is 2.30 bits per heavy atom. The Morgan fingerprint density at radius 1 is 1.90 bits per heavy atom. The van der Waals surface area contributed by atoms with Crippen LogP contribution in [-0.2, 0) is 14.5 Å². The molecule has 0 rings (SSSR count). The molecular weight excluding hydrogens is 156 g/mol. The lowest BCUT2D eigenvalue weighted by Gasteiger charge is -2.04. The van der Waals surface area contributed by atoms with Crippen molar-refractivity contribution in [2.24, 2.45) is 5.73 Å². The zero-order valence-corrected chi connectivity index (χ0v) is 6.35. The fraction of sp³-hybridized carbons (Fsp3) is 0.750. The highest BCUT2D eigenvalue weighted by Crippen LogP contribution is 1.88. The number of nitrogens with one attached hydrogen (secondary N) is 1. The Kier molecular flexibility index (Phi) is 2.79. The number of aliphatic carboxylic acids is 1. The minimum absolute atomic E-state index is 0.289. The molecule has 0 saturated heterocycles. The smallest absolute Gasteiger partial charge is 0.321 e. The molecule has 5 nitrogen and oxygen atoms in total. The molecule has 0 aromatic carbocycles. The van der Waals surface area contributed by atoms with Crippen molar-refractivity contribution >= 4 is 15.7 Å². The van der Waals surface area contributed by atoms with Crippen molar-refractivity contribution in [2.75, 3.05) is 12.0 Å². The van der Waals surface area contributed by atoms with Gasteiger partial charge in [0.05, 0.1) is 5.75 Å². The van der Waals surface area contributed by atoms with E-state index in [4.69, 9.17) is 15.6 Å². The molecule has 0 spiro atoms. The third-order valence-electron chi connectivity index (χ3n) is 0.815. The Balaban J connectivity index is 4.06. The summed E-state index contributed by atoms with van der Waals surface area (Å²) >= 11 is 0. The van der Waals surface area contributed by atoms with E-state index in [1.165, 1.54) is 0 Å². The van der Waals surface area contributed by atoms with Crippen molar-refractivity contribution in [1.82, 2.24) is 0 Å². The second-order valence-corrected chi connectivity index (χ2v) is 4.46. The number of rotatable bonds is 3. The topological polar surface area (TPSA) is 104 Å². The predicted octanol–water partition coefficient (Wildman–Crippen LogP) is -0.925. The summed E-state index contributed by atoms with van der Waals surface area (Å²) in [6.45, 7) is 0. The van der Waals surface area contributed by atoms with Crippen LogP contribution in [0.2, 0.25) is 0 Å². The summed E-state index contributed by atoms with van der Waals surface area (Å²) in [5.41, 5.74) is 5.00. The summed E-state index contributed by atoms with van der Waals surface area (Å²) in [5, 5.41) is 8.21. The fourth-order valence-electron chi connectivity index (χ4n) is 0.414. The molecule has 0 unspecified atom stereocenters. The SMILES string of the molecule is C[S@@](=N)(=O)C[C@@H](N)C(=O)O. The first-order chi connectivity index (χ1) is 4.33. The zero-order valence-electron chi connectivity index (χ0n) is 5.53. The molecule has 0 heterocycles. The molecule has 4 N–H and O–H groups in total. The fourth-order valence-corrected chi connectivity index (χ4v) is 1.24. The van der Waals surface area contributed by atoms with E-state index in [2.05, 4.69) is 0 Å². The van der Waals surface area contributed by atoms with Gasteiger partial charge in [-0.3, -0.25) is 13.8 Å². The van der Waals surface area contributed by atoms with Crippen molar-refractivity contribution in [3.8, 4) is 0 Å². The van der Waals surface area contributed by atoms with Crippen LogP contribution < -0.4 is 5.73 Å². The summed E-state index contributed by atoms with van der Waals surface area (Å²) in [7, 11) is -2.77. The van der Waals surface area contributed by atoms with Crippen LogP contribution in [0.5, 0.6) is 0 Å². The Hall–Kier alpha value is -0.620. The minimum atomic E-state index is -2.77. The van der Waals surface area contributed by atoms with E-state index < -0.39 is 21.7 Å². The van der Waals surface area contributed by atoms with Crippen LogP contribution in [0, 0.1) is 4.78 Å². The highest BCUT2D eigenvalue weighted by atomic mass is 32.2. The van der Waals surface area contributed by atoms with Crippen LogP contribution in [0.25, 0.3) is 0 Å². The van der Waals surface area contributed by atoms with Gasteiger partial charge < -0.3 is 10.8 Å². The second-order valence-electron chi connectivity index (χ2n) is 2.12. The molecule has 0 saturated carbocycles. The molecule has 0 aromatic heterocycles. The maximum absolute atomic E-state index is 10.6. The second kappa shape index (κ2) is 2.98. The highest BCUT2D eigenvalue weighted by molar-refractivity contribution is 7.91. The quantitative estimate of drug-likeness (QED) is 0.504. The summed E-state index contributed by atoms with van der Waals surface area (Å²) in [4.78, 5) is 10.0. The molecule has 60 valence electrons. The minimum Gasteiger partial charge on any atom is -0.480 e. The molecule has 0 fully saturated rings. The monoisotopic (exact) mass is 166 g/mol. The van der Waals surface area contributed by atoms with E-state index in [0.717, 1.165) is 6.26 Å². The van der Waals surface area contributed by atoms with Gasteiger partial charge >= 0.3 is 5.97 Å². The lowest BCUT2D eigenvalue weighted by molar-refractivity contribution is -0.137. The zero-order chi connectivity index (χ0) is 8.36. The molecule has 0 aromatic rings. The van der Waals surface area contributed by atoms with E-state index in [0.29, 0.717) is 0 Å². The van der Waals surface area contributed by atoms with Crippen LogP contribution in [-0.4, -0.2) is 33.3 Å². The Bertz CT molecular complexity index is 221. The summed E-state index contributed by atoms with van der Waals surface area (Å²) < 4.78 is 17.5. The highest BCUT2D eigenvalue weighted by Gasteiger charge is 2.14. The van der Waals surface area contributed by atoms with Crippen LogP contribution in [0.15, 0.2) is 0 Å². The molecular formula is C4H10N2O3S. The molecule has 2 atom stereocenters. The largest absolute Gasteiger partial charge is 0.480 e. The molecule has 0 bridgehead atoms. The van der Waals surface area contributed by atoms with Gasteiger partial charge in [-0.1, -0.05) is 0 Å². The van der Waals surface area contributed by atoms with Gasteiger partial charge in [0.25, 0.3) is 0 Å². The number of carbonyl (C=O) groups is 1. The average molecular weight is 166 g/mol. The van der Waals surface area contributed by atoms with Gasteiger partial charge in [0, 0.05) is 16.0 Å². The van der Waals surface area contributed by atoms with E-state index in [1.54, 1.807) is 0 Å². The van der Waals surface area contributed by atoms with Gasteiger partial charge in [-0.15, -0.1) is 0 Å². The van der Waals surface area contributed by atoms with Gasteiger partial charge in [0.2, 0.25) is 0 Å². The summed E-state index contributed by atoms with van der Waals surface area (Å²) in [5.74, 6) is -1.51. The maximum atomic E-state index is 10.6. The van der Waals surface area contributed by atoms with Crippen LogP contribution in [0.4, 0.5) is 0 Å². The molecule has 6 heteroatoms. The number of carboxylic acid groups (broad SMARTS) is 1. The van der Waals surface area contributed by atoms with E-state index in [-0.39, 0.29) is 5.75 Å². The van der Waals surface area contributed by atoms with E-state index in [1.807, 2.05) is 0 Å². The first-order valence-electron chi connectivity index (χ1n) is 2.53. The molecule has 0 amide bonds. The van der Waals surface area contributed by atoms with Gasteiger partial charge in [-0.25, -0.2) is 0 Å². The van der Waals surface area contributed by atoms with Crippen LogP contribution >= 0.6 is 0 Å². The third-order valence-corrected chi connectivity index (χ3v) is 1.81. The average Bonchev–Trinajstić information content (AvgIpc) is 1.60.